The van der Waals surface area contributed by atoms with Gasteiger partial charge in [-0.2, -0.15) is 5.10 Å². The second-order valence-electron chi connectivity index (χ2n) is 6.02. The summed E-state index contributed by atoms with van der Waals surface area (Å²) in [4.78, 5) is 19.0. The third-order valence-electron chi connectivity index (χ3n) is 4.07. The minimum atomic E-state index is -0.132. The van der Waals surface area contributed by atoms with Gasteiger partial charge in [-0.25, -0.2) is 4.98 Å². The first-order valence-corrected chi connectivity index (χ1v) is 8.81. The van der Waals surface area contributed by atoms with Crippen molar-refractivity contribution < 1.29 is 4.79 Å². The first kappa shape index (κ1) is 15.4. The number of carbonyl (C=O) groups is 1. The van der Waals surface area contributed by atoms with E-state index >= 15 is 0 Å². The molecule has 2 aromatic heterocycles. The number of rotatable bonds is 3. The zero-order valence-corrected chi connectivity index (χ0v) is 14.9. The summed E-state index contributed by atoms with van der Waals surface area (Å²) in [6.07, 6.45) is 1.76. The molecule has 0 radical (unpaired) electrons. The van der Waals surface area contributed by atoms with Gasteiger partial charge in [0.25, 0.3) is 5.91 Å². The maximum absolute atomic E-state index is 12.1. The highest BCUT2D eigenvalue weighted by Crippen LogP contribution is 2.34. The predicted molar refractivity (Wildman–Crippen MR) is 96.0 cm³/mol. The van der Waals surface area contributed by atoms with Crippen LogP contribution in [-0.4, -0.2) is 39.8 Å². The lowest BCUT2D eigenvalue weighted by Gasteiger charge is -2.39. The normalized spacial score (nSPS) is 14.9. The average Bonchev–Trinajstić information content (AvgIpc) is 3.08. The molecule has 3 aromatic rings. The predicted octanol–water partition coefficient (Wildman–Crippen LogP) is 2.61. The largest absolute Gasteiger partial charge is 0.344 e. The zero-order valence-electron chi connectivity index (χ0n) is 13.3. The summed E-state index contributed by atoms with van der Waals surface area (Å²) in [7, 11) is 1.79. The third kappa shape index (κ3) is 2.74. The minimum Gasteiger partial charge on any atom is -0.344 e. The van der Waals surface area contributed by atoms with Crippen molar-refractivity contribution in [3.63, 3.8) is 0 Å². The molecule has 8 heteroatoms. The highest BCUT2D eigenvalue weighted by Gasteiger charge is 2.31. The van der Waals surface area contributed by atoms with Crippen LogP contribution in [0.1, 0.15) is 16.1 Å². The van der Waals surface area contributed by atoms with Gasteiger partial charge in [-0.05, 0) is 30.7 Å². The molecule has 3 heterocycles. The lowest BCUT2D eigenvalue weighted by Crippen LogP contribution is -2.59. The van der Waals surface area contributed by atoms with Crippen LogP contribution < -0.4 is 10.2 Å². The van der Waals surface area contributed by atoms with E-state index in [4.69, 9.17) is 16.6 Å². The number of aromatic nitrogens is 3. The summed E-state index contributed by atoms with van der Waals surface area (Å²) in [5.74, 6) is -0.132. The maximum atomic E-state index is 12.1. The summed E-state index contributed by atoms with van der Waals surface area (Å²) in [5.41, 5.74) is 2.53. The molecule has 1 N–H and O–H groups in total. The van der Waals surface area contributed by atoms with Gasteiger partial charge in [-0.15, -0.1) is 0 Å². The molecular formula is C16H16ClN5OS. The number of hydrogen-bond acceptors (Lipinski definition) is 5. The number of aryl methyl sites for hydroxylation is 2. The van der Waals surface area contributed by atoms with Gasteiger partial charge in [-0.1, -0.05) is 22.9 Å². The molecule has 1 aliphatic rings. The van der Waals surface area contributed by atoms with Crippen molar-refractivity contribution in [3.05, 3.63) is 40.7 Å². The number of carbonyl (C=O) groups excluding carboxylic acids is 1. The summed E-state index contributed by atoms with van der Waals surface area (Å²) < 4.78 is 2.72. The van der Waals surface area contributed by atoms with Crippen LogP contribution in [0.5, 0.6) is 0 Å². The maximum Gasteiger partial charge on any atom is 0.272 e. The number of hydrogen-bond donors (Lipinski definition) is 1. The Kier molecular flexibility index (Phi) is 3.69. The van der Waals surface area contributed by atoms with E-state index in [1.165, 1.54) is 0 Å². The topological polar surface area (TPSA) is 63.1 Å². The quantitative estimate of drug-likeness (QED) is 0.779. The van der Waals surface area contributed by atoms with Crippen molar-refractivity contribution in [1.82, 2.24) is 20.1 Å². The van der Waals surface area contributed by atoms with E-state index in [0.29, 0.717) is 5.69 Å². The van der Waals surface area contributed by atoms with E-state index in [1.807, 2.05) is 19.1 Å². The fourth-order valence-corrected chi connectivity index (χ4v) is 4.24. The highest BCUT2D eigenvalue weighted by molar-refractivity contribution is 7.22. The number of benzene rings is 1. The molecule has 0 saturated carbocycles. The SMILES string of the molecule is Cc1cc(Cl)cc2sc(N3CC(NC(=O)c4ccn(C)n4)C3)nc12. The number of nitrogens with zero attached hydrogens (tertiary/aromatic N) is 4. The molecule has 0 aliphatic carbocycles. The Morgan fingerprint density at radius 2 is 2.21 bits per heavy atom. The van der Waals surface area contributed by atoms with Crippen LogP contribution in [0, 0.1) is 6.92 Å². The van der Waals surface area contributed by atoms with E-state index in [0.717, 1.165) is 39.0 Å². The number of thiazole rings is 1. The molecule has 4 rings (SSSR count). The zero-order chi connectivity index (χ0) is 16.8. The fourth-order valence-electron chi connectivity index (χ4n) is 2.80. The van der Waals surface area contributed by atoms with Gasteiger partial charge in [0, 0.05) is 31.4 Å². The Morgan fingerprint density at radius 3 is 2.92 bits per heavy atom. The van der Waals surface area contributed by atoms with E-state index in [-0.39, 0.29) is 11.9 Å². The lowest BCUT2D eigenvalue weighted by molar-refractivity contribution is 0.0924. The number of anilines is 1. The minimum absolute atomic E-state index is 0.121. The molecule has 1 fully saturated rings. The molecule has 1 amide bonds. The van der Waals surface area contributed by atoms with Gasteiger partial charge in [0.1, 0.15) is 5.69 Å². The molecule has 0 unspecified atom stereocenters. The Bertz CT molecular complexity index is 928. The molecule has 6 nitrogen and oxygen atoms in total. The van der Waals surface area contributed by atoms with Gasteiger partial charge in [-0.3, -0.25) is 9.48 Å². The number of fused-ring (bicyclic) bond motifs is 1. The van der Waals surface area contributed by atoms with Gasteiger partial charge in [0.05, 0.1) is 16.3 Å². The number of halogens is 1. The van der Waals surface area contributed by atoms with Crippen LogP contribution in [0.2, 0.25) is 5.02 Å². The van der Waals surface area contributed by atoms with Crippen LogP contribution in [0.25, 0.3) is 10.2 Å². The monoisotopic (exact) mass is 361 g/mol. The molecular weight excluding hydrogens is 346 g/mol. The van der Waals surface area contributed by atoms with Crippen LogP contribution in [0.3, 0.4) is 0 Å². The smallest absolute Gasteiger partial charge is 0.272 e. The highest BCUT2D eigenvalue weighted by atomic mass is 35.5. The molecule has 1 aliphatic heterocycles. The van der Waals surface area contributed by atoms with Crippen LogP contribution in [-0.2, 0) is 7.05 Å². The van der Waals surface area contributed by atoms with E-state index in [9.17, 15) is 4.79 Å². The molecule has 124 valence electrons. The summed E-state index contributed by atoms with van der Waals surface area (Å²) >= 11 is 7.74. The number of nitrogens with one attached hydrogen (secondary N) is 1. The van der Waals surface area contributed by atoms with Crippen molar-refractivity contribution in [2.45, 2.75) is 13.0 Å². The molecule has 24 heavy (non-hydrogen) atoms. The molecule has 1 saturated heterocycles. The van der Waals surface area contributed by atoms with Crippen molar-refractivity contribution in [3.8, 4) is 0 Å². The average molecular weight is 362 g/mol. The van der Waals surface area contributed by atoms with E-state index in [1.54, 1.807) is 35.3 Å². The molecule has 1 aromatic carbocycles. The first-order chi connectivity index (χ1) is 11.5. The summed E-state index contributed by atoms with van der Waals surface area (Å²) in [5, 5.41) is 8.82. The standard InChI is InChI=1S/C16H16ClN5OS/c1-9-5-10(17)6-13-14(9)19-16(24-13)22-7-11(8-22)18-15(23)12-3-4-21(2)20-12/h3-6,11H,7-8H2,1-2H3,(H,18,23). The van der Waals surface area contributed by atoms with E-state index in [2.05, 4.69) is 15.3 Å². The second-order valence-corrected chi connectivity index (χ2v) is 7.46. The fraction of sp³-hybridized carbons (Fsp3) is 0.312. The van der Waals surface area contributed by atoms with Crippen LogP contribution in [0.15, 0.2) is 24.4 Å². The molecule has 0 spiro atoms. The van der Waals surface area contributed by atoms with Gasteiger partial charge >= 0.3 is 0 Å². The summed E-state index contributed by atoms with van der Waals surface area (Å²) in [6, 6.07) is 5.72. The van der Waals surface area contributed by atoms with Crippen molar-refractivity contribution >= 4 is 44.2 Å². The summed E-state index contributed by atoms with van der Waals surface area (Å²) in [6.45, 7) is 3.53. The Morgan fingerprint density at radius 1 is 1.42 bits per heavy atom. The van der Waals surface area contributed by atoms with Crippen molar-refractivity contribution in [1.29, 1.82) is 0 Å². The van der Waals surface area contributed by atoms with Crippen molar-refractivity contribution in [2.75, 3.05) is 18.0 Å². The molecule has 0 atom stereocenters. The third-order valence-corrected chi connectivity index (χ3v) is 5.35. The van der Waals surface area contributed by atoms with Gasteiger partial charge in [0.2, 0.25) is 0 Å². The van der Waals surface area contributed by atoms with Crippen LogP contribution >= 0.6 is 22.9 Å². The van der Waals surface area contributed by atoms with E-state index < -0.39 is 0 Å². The van der Waals surface area contributed by atoms with Gasteiger partial charge < -0.3 is 10.2 Å². The van der Waals surface area contributed by atoms with Crippen LogP contribution in [0.4, 0.5) is 5.13 Å². The Labute approximate surface area is 148 Å². The first-order valence-electron chi connectivity index (χ1n) is 7.62. The second kappa shape index (κ2) is 5.75. The number of amides is 1. The lowest BCUT2D eigenvalue weighted by atomic mass is 10.1. The van der Waals surface area contributed by atoms with Gasteiger partial charge in [0.15, 0.2) is 5.13 Å². The molecule has 0 bridgehead atoms. The van der Waals surface area contributed by atoms with Crippen molar-refractivity contribution in [2.24, 2.45) is 7.05 Å². The Balaban J connectivity index is 1.42. The Hall–Kier alpha value is -2.12.